The summed E-state index contributed by atoms with van der Waals surface area (Å²) in [5.41, 5.74) is 0.853. The van der Waals surface area contributed by atoms with Crippen molar-refractivity contribution in [3.63, 3.8) is 0 Å². The molecular weight excluding hydrogens is 292 g/mol. The van der Waals surface area contributed by atoms with E-state index in [1.54, 1.807) is 18.2 Å². The topological polar surface area (TPSA) is 74.6 Å². The third kappa shape index (κ3) is 3.94. The van der Waals surface area contributed by atoms with Crippen LogP contribution in [0.1, 0.15) is 31.8 Å². The molecule has 5 heteroatoms. The molecule has 0 aliphatic heterocycles. The summed E-state index contributed by atoms with van der Waals surface area (Å²) in [6, 6.07) is 13.7. The molecule has 21 heavy (non-hydrogen) atoms. The highest BCUT2D eigenvalue weighted by Gasteiger charge is 2.18. The number of aromatic carboxylic acids is 2. The van der Waals surface area contributed by atoms with Gasteiger partial charge in [0, 0.05) is 0 Å². The predicted molar refractivity (Wildman–Crippen MR) is 83.0 cm³/mol. The summed E-state index contributed by atoms with van der Waals surface area (Å²) in [6.07, 6.45) is 3.35. The van der Waals surface area contributed by atoms with E-state index in [1.807, 2.05) is 30.3 Å². The number of carboxylic acids is 2. The lowest BCUT2D eigenvalue weighted by atomic mass is 10.00. The van der Waals surface area contributed by atoms with E-state index in [9.17, 15) is 14.7 Å². The lowest BCUT2D eigenvalue weighted by Crippen LogP contribution is -2.09. The van der Waals surface area contributed by atoms with Crippen LogP contribution in [-0.4, -0.2) is 22.2 Å². The van der Waals surface area contributed by atoms with Crippen molar-refractivity contribution in [3.8, 4) is 0 Å². The van der Waals surface area contributed by atoms with Crippen LogP contribution in [0.15, 0.2) is 48.5 Å². The van der Waals surface area contributed by atoms with Gasteiger partial charge in [-0.05, 0) is 17.2 Å². The fourth-order valence-electron chi connectivity index (χ4n) is 1.88. The van der Waals surface area contributed by atoms with Gasteiger partial charge in [0.05, 0.1) is 11.1 Å². The van der Waals surface area contributed by atoms with Gasteiger partial charge in [-0.25, -0.2) is 9.59 Å². The average Bonchev–Trinajstić information content (AvgIpc) is 2.45. The highest BCUT2D eigenvalue weighted by Crippen LogP contribution is 2.18. The fourth-order valence-corrected chi connectivity index (χ4v) is 1.88. The lowest BCUT2D eigenvalue weighted by Gasteiger charge is -2.05. The molecule has 2 aromatic carbocycles. The Morgan fingerprint density at radius 3 is 2.05 bits per heavy atom. The Morgan fingerprint density at radius 1 is 0.810 bits per heavy atom. The first-order valence-electron chi connectivity index (χ1n) is 5.92. The molecule has 4 nitrogen and oxygen atoms in total. The van der Waals surface area contributed by atoms with E-state index in [0.717, 1.165) is 5.56 Å². The van der Waals surface area contributed by atoms with Crippen LogP contribution in [-0.2, 0) is 0 Å². The Hall–Kier alpha value is -2.59. The standard InChI is InChI=1S/C16H12O4.ClH/c17-15(18)13-8-4-7-12(14(13)16(19)20)10-9-11-5-2-1-3-6-11;/h1-10H,(H,17,18)(H,19,20);1H. The van der Waals surface area contributed by atoms with Gasteiger partial charge in [0.2, 0.25) is 0 Å². The zero-order chi connectivity index (χ0) is 14.5. The van der Waals surface area contributed by atoms with Crippen LogP contribution in [0.3, 0.4) is 0 Å². The van der Waals surface area contributed by atoms with E-state index in [2.05, 4.69) is 0 Å². The van der Waals surface area contributed by atoms with Crippen LogP contribution >= 0.6 is 12.4 Å². The Kier molecular flexibility index (Phi) is 5.69. The molecule has 0 fully saturated rings. The van der Waals surface area contributed by atoms with Crippen LogP contribution < -0.4 is 0 Å². The van der Waals surface area contributed by atoms with Crippen molar-refractivity contribution in [1.82, 2.24) is 0 Å². The van der Waals surface area contributed by atoms with E-state index in [-0.39, 0.29) is 23.5 Å². The summed E-state index contributed by atoms with van der Waals surface area (Å²) in [4.78, 5) is 22.3. The number of hydrogen-bond donors (Lipinski definition) is 2. The summed E-state index contributed by atoms with van der Waals surface area (Å²) in [7, 11) is 0. The predicted octanol–water partition coefficient (Wildman–Crippen LogP) is 3.68. The Balaban J connectivity index is 0.00000220. The molecule has 0 aliphatic carbocycles. The molecule has 0 heterocycles. The summed E-state index contributed by atoms with van der Waals surface area (Å²) < 4.78 is 0. The van der Waals surface area contributed by atoms with Gasteiger partial charge >= 0.3 is 11.9 Å². The van der Waals surface area contributed by atoms with Crippen molar-refractivity contribution in [2.45, 2.75) is 0 Å². The molecule has 0 amide bonds. The second kappa shape index (κ2) is 7.26. The molecule has 0 unspecified atom stereocenters. The van der Waals surface area contributed by atoms with Crippen molar-refractivity contribution in [2.75, 3.05) is 0 Å². The van der Waals surface area contributed by atoms with Gasteiger partial charge in [-0.1, -0.05) is 54.6 Å². The van der Waals surface area contributed by atoms with Gasteiger partial charge in [0.15, 0.2) is 0 Å². The Bertz CT molecular complexity index is 678. The summed E-state index contributed by atoms with van der Waals surface area (Å²) in [5.74, 6) is -2.51. The maximum Gasteiger partial charge on any atom is 0.337 e. The maximum atomic E-state index is 11.3. The van der Waals surface area contributed by atoms with E-state index in [0.29, 0.717) is 5.56 Å². The number of carbonyl (C=O) groups is 2. The van der Waals surface area contributed by atoms with Crippen LogP contribution in [0.2, 0.25) is 0 Å². The normalized spacial score (nSPS) is 10.1. The van der Waals surface area contributed by atoms with Gasteiger partial charge in [-0.3, -0.25) is 0 Å². The second-order valence-electron chi connectivity index (χ2n) is 4.12. The van der Waals surface area contributed by atoms with Crippen LogP contribution in [0.4, 0.5) is 0 Å². The van der Waals surface area contributed by atoms with Crippen molar-refractivity contribution < 1.29 is 19.8 Å². The maximum absolute atomic E-state index is 11.3. The largest absolute Gasteiger partial charge is 0.478 e. The zero-order valence-corrected chi connectivity index (χ0v) is 11.7. The molecule has 0 spiro atoms. The number of carboxylic acid groups (broad SMARTS) is 2. The molecular formula is C16H13ClO4. The summed E-state index contributed by atoms with van der Waals surface area (Å²) >= 11 is 0. The third-order valence-electron chi connectivity index (χ3n) is 2.80. The minimum atomic E-state index is -1.25. The molecule has 0 radical (unpaired) electrons. The minimum Gasteiger partial charge on any atom is -0.478 e. The molecule has 2 N–H and O–H groups in total. The summed E-state index contributed by atoms with van der Waals surface area (Å²) in [5, 5.41) is 18.2. The lowest BCUT2D eigenvalue weighted by molar-refractivity contribution is 0.0651. The molecule has 0 saturated carbocycles. The van der Waals surface area contributed by atoms with Gasteiger partial charge in [0.25, 0.3) is 0 Å². The van der Waals surface area contributed by atoms with E-state index in [4.69, 9.17) is 5.11 Å². The smallest absolute Gasteiger partial charge is 0.337 e. The first-order chi connectivity index (χ1) is 9.59. The second-order valence-corrected chi connectivity index (χ2v) is 4.12. The van der Waals surface area contributed by atoms with E-state index in [1.165, 1.54) is 12.1 Å². The molecule has 2 rings (SSSR count). The third-order valence-corrected chi connectivity index (χ3v) is 2.80. The van der Waals surface area contributed by atoms with Gasteiger partial charge in [0.1, 0.15) is 0 Å². The van der Waals surface area contributed by atoms with Crippen molar-refractivity contribution >= 4 is 36.5 Å². The highest BCUT2D eigenvalue weighted by molar-refractivity contribution is 6.04. The highest BCUT2D eigenvalue weighted by atomic mass is 35.5. The van der Waals surface area contributed by atoms with E-state index >= 15 is 0 Å². The van der Waals surface area contributed by atoms with Crippen LogP contribution in [0.25, 0.3) is 12.2 Å². The number of rotatable bonds is 4. The molecule has 0 aromatic heterocycles. The van der Waals surface area contributed by atoms with Gasteiger partial charge < -0.3 is 10.2 Å². The minimum absolute atomic E-state index is 0. The van der Waals surface area contributed by atoms with Crippen molar-refractivity contribution in [1.29, 1.82) is 0 Å². The van der Waals surface area contributed by atoms with Gasteiger partial charge in [-0.15, -0.1) is 12.4 Å². The number of halogens is 1. The SMILES string of the molecule is Cl.O=C(O)c1cccc(C=Cc2ccccc2)c1C(=O)O. The first-order valence-corrected chi connectivity index (χ1v) is 5.92. The van der Waals surface area contributed by atoms with Crippen molar-refractivity contribution in [3.05, 3.63) is 70.8 Å². The number of hydrogen-bond acceptors (Lipinski definition) is 2. The molecule has 0 saturated heterocycles. The first kappa shape index (κ1) is 16.5. The quantitative estimate of drug-likeness (QED) is 0.845. The molecule has 2 aromatic rings. The van der Waals surface area contributed by atoms with Crippen LogP contribution in [0, 0.1) is 0 Å². The molecule has 0 atom stereocenters. The van der Waals surface area contributed by atoms with Crippen molar-refractivity contribution in [2.24, 2.45) is 0 Å². The zero-order valence-electron chi connectivity index (χ0n) is 10.9. The monoisotopic (exact) mass is 304 g/mol. The summed E-state index contributed by atoms with van der Waals surface area (Å²) in [6.45, 7) is 0. The van der Waals surface area contributed by atoms with Gasteiger partial charge in [-0.2, -0.15) is 0 Å². The fraction of sp³-hybridized carbons (Fsp3) is 0. The molecule has 108 valence electrons. The average molecular weight is 305 g/mol. The van der Waals surface area contributed by atoms with Crippen LogP contribution in [0.5, 0.6) is 0 Å². The Labute approximate surface area is 127 Å². The Morgan fingerprint density at radius 2 is 1.48 bits per heavy atom. The van der Waals surface area contributed by atoms with E-state index < -0.39 is 11.9 Å². The number of benzene rings is 2. The molecule has 0 bridgehead atoms. The molecule has 0 aliphatic rings.